The van der Waals surface area contributed by atoms with Crippen molar-refractivity contribution in [3.05, 3.63) is 222 Å². The highest BCUT2D eigenvalue weighted by Crippen LogP contribution is 2.46. The lowest BCUT2D eigenvalue weighted by Crippen LogP contribution is -2.31. The summed E-state index contributed by atoms with van der Waals surface area (Å²) in [6.45, 7) is 0. The van der Waals surface area contributed by atoms with E-state index in [-0.39, 0.29) is 0 Å². The zero-order chi connectivity index (χ0) is 29.6. The van der Waals surface area contributed by atoms with Gasteiger partial charge in [-0.3, -0.25) is 0 Å². The Labute approximate surface area is 260 Å². The summed E-state index contributed by atoms with van der Waals surface area (Å²) in [4.78, 5) is 2.33. The van der Waals surface area contributed by atoms with Gasteiger partial charge in [-0.1, -0.05) is 164 Å². The third-order valence-electron chi connectivity index (χ3n) is 8.43. The lowest BCUT2D eigenvalue weighted by Gasteiger charge is -2.37. The summed E-state index contributed by atoms with van der Waals surface area (Å²) < 4.78 is 0. The number of nitrogens with zero attached hydrogens (tertiary/aromatic N) is 1. The highest BCUT2D eigenvalue weighted by Gasteiger charge is 2.38. The molecule has 0 aliphatic carbocycles. The van der Waals surface area contributed by atoms with Crippen LogP contribution < -0.4 is 4.90 Å². The smallest absolute Gasteiger partial charge is 0.0701 e. The number of hydrogen-bond donors (Lipinski definition) is 0. The van der Waals surface area contributed by atoms with Gasteiger partial charge in [0.15, 0.2) is 0 Å². The first-order valence-corrected chi connectivity index (χ1v) is 15.1. The Morgan fingerprint density at radius 1 is 0.250 bits per heavy atom. The number of benzene rings is 7. The molecular weight excluding hydrogens is 530 g/mol. The molecule has 7 aromatic rings. The van der Waals surface area contributed by atoms with Crippen molar-refractivity contribution >= 4 is 17.1 Å². The third-order valence-corrected chi connectivity index (χ3v) is 8.43. The van der Waals surface area contributed by atoms with E-state index in [1.807, 2.05) is 0 Å². The second-order valence-electron chi connectivity index (χ2n) is 11.0. The van der Waals surface area contributed by atoms with Crippen LogP contribution in [0.4, 0.5) is 17.1 Å². The van der Waals surface area contributed by atoms with E-state index in [0.29, 0.717) is 0 Å². The molecule has 7 rings (SSSR count). The van der Waals surface area contributed by atoms with Gasteiger partial charge in [-0.25, -0.2) is 0 Å². The first-order valence-electron chi connectivity index (χ1n) is 15.1. The third kappa shape index (κ3) is 5.10. The normalized spacial score (nSPS) is 11.2. The van der Waals surface area contributed by atoms with E-state index >= 15 is 0 Å². The average molecular weight is 564 g/mol. The largest absolute Gasteiger partial charge is 0.311 e. The van der Waals surface area contributed by atoms with Gasteiger partial charge in [0.1, 0.15) is 0 Å². The maximum Gasteiger partial charge on any atom is 0.0701 e. The summed E-state index contributed by atoms with van der Waals surface area (Å²) in [5, 5.41) is 0. The monoisotopic (exact) mass is 563 g/mol. The molecule has 0 aromatic heterocycles. The van der Waals surface area contributed by atoms with Gasteiger partial charge in [0.25, 0.3) is 0 Å². The van der Waals surface area contributed by atoms with Gasteiger partial charge in [0, 0.05) is 17.1 Å². The van der Waals surface area contributed by atoms with Crippen LogP contribution in [0.25, 0.3) is 11.1 Å². The fourth-order valence-electron chi connectivity index (χ4n) is 6.38. The van der Waals surface area contributed by atoms with Crippen LogP contribution in [0.2, 0.25) is 0 Å². The lowest BCUT2D eigenvalue weighted by atomic mass is 9.65. The average Bonchev–Trinajstić information content (AvgIpc) is 3.12. The second kappa shape index (κ2) is 12.3. The Morgan fingerprint density at radius 3 is 0.977 bits per heavy atom. The van der Waals surface area contributed by atoms with Crippen LogP contribution in [0.15, 0.2) is 200 Å². The van der Waals surface area contributed by atoms with E-state index < -0.39 is 5.41 Å². The van der Waals surface area contributed by atoms with Crippen molar-refractivity contribution in [2.75, 3.05) is 4.90 Å². The van der Waals surface area contributed by atoms with E-state index in [2.05, 4.69) is 205 Å². The number of para-hydroxylation sites is 1. The van der Waals surface area contributed by atoms with E-state index in [4.69, 9.17) is 0 Å². The van der Waals surface area contributed by atoms with Crippen LogP contribution in [0, 0.1) is 0 Å². The van der Waals surface area contributed by atoms with Gasteiger partial charge in [-0.15, -0.1) is 0 Å². The maximum atomic E-state index is 2.33. The van der Waals surface area contributed by atoms with Crippen LogP contribution >= 0.6 is 0 Å². The van der Waals surface area contributed by atoms with Gasteiger partial charge >= 0.3 is 0 Å². The molecule has 1 nitrogen and oxygen atoms in total. The zero-order valence-electron chi connectivity index (χ0n) is 24.5. The van der Waals surface area contributed by atoms with Gasteiger partial charge in [0.2, 0.25) is 0 Å². The molecule has 0 atom stereocenters. The number of hydrogen-bond acceptors (Lipinski definition) is 1. The molecule has 0 bridgehead atoms. The summed E-state index contributed by atoms with van der Waals surface area (Å²) in [6.07, 6.45) is 0. The maximum absolute atomic E-state index is 2.33. The molecule has 0 N–H and O–H groups in total. The van der Waals surface area contributed by atoms with Crippen molar-refractivity contribution < 1.29 is 0 Å². The molecule has 0 amide bonds. The first-order chi connectivity index (χ1) is 21.8. The van der Waals surface area contributed by atoms with E-state index in [9.17, 15) is 0 Å². The highest BCUT2D eigenvalue weighted by molar-refractivity contribution is 5.78. The summed E-state index contributed by atoms with van der Waals surface area (Å²) in [5.74, 6) is 0. The summed E-state index contributed by atoms with van der Waals surface area (Å²) in [5.41, 5.74) is 10.2. The molecule has 0 aliphatic rings. The van der Waals surface area contributed by atoms with Gasteiger partial charge in [-0.2, -0.15) is 0 Å². The lowest BCUT2D eigenvalue weighted by molar-refractivity contribution is 0.745. The van der Waals surface area contributed by atoms with Crippen molar-refractivity contribution in [2.24, 2.45) is 0 Å². The fraction of sp³-hybridized carbons (Fsp3) is 0.0233. The molecule has 0 unspecified atom stereocenters. The molecule has 0 saturated heterocycles. The van der Waals surface area contributed by atoms with Crippen LogP contribution in [-0.4, -0.2) is 0 Å². The second-order valence-corrected chi connectivity index (χ2v) is 11.0. The van der Waals surface area contributed by atoms with Gasteiger partial charge < -0.3 is 4.90 Å². The molecule has 7 aromatic carbocycles. The minimum atomic E-state index is -0.475. The predicted octanol–water partition coefficient (Wildman–Crippen LogP) is 11.2. The van der Waals surface area contributed by atoms with Crippen molar-refractivity contribution in [1.82, 2.24) is 0 Å². The molecule has 0 radical (unpaired) electrons. The van der Waals surface area contributed by atoms with Gasteiger partial charge in [-0.05, 0) is 69.8 Å². The summed E-state index contributed by atoms with van der Waals surface area (Å²) >= 11 is 0. The van der Waals surface area contributed by atoms with Gasteiger partial charge in [0.05, 0.1) is 5.41 Å². The van der Waals surface area contributed by atoms with Crippen LogP contribution in [0.5, 0.6) is 0 Å². The molecule has 0 aliphatic heterocycles. The fourth-order valence-corrected chi connectivity index (χ4v) is 6.38. The Bertz CT molecular complexity index is 1800. The number of anilines is 3. The topological polar surface area (TPSA) is 3.24 Å². The Kier molecular flexibility index (Phi) is 7.60. The van der Waals surface area contributed by atoms with Crippen molar-refractivity contribution in [3.8, 4) is 11.1 Å². The Hall–Kier alpha value is -5.66. The Morgan fingerprint density at radius 2 is 0.545 bits per heavy atom. The zero-order valence-corrected chi connectivity index (χ0v) is 24.5. The molecule has 0 spiro atoms. The SMILES string of the molecule is c1ccc(-c2ccc(N(c3ccccc3)c3ccc(C(c4ccccc4)(c4ccccc4)c4ccccc4)cc3)cc2)cc1. The molecule has 0 fully saturated rings. The molecule has 1 heteroatoms. The molecule has 0 saturated carbocycles. The van der Waals surface area contributed by atoms with Crippen molar-refractivity contribution in [1.29, 1.82) is 0 Å². The molecule has 0 heterocycles. The summed E-state index contributed by atoms with van der Waals surface area (Å²) in [7, 11) is 0. The summed E-state index contributed by atoms with van der Waals surface area (Å²) in [6, 6.07) is 71.7. The standard InChI is InChI=1S/C43H33N/c1-6-16-34(17-7-1)35-26-30-41(31-27-35)44(40-24-14-5-15-25-40)42-32-28-39(29-33-42)43(36-18-8-2-9-19-36,37-20-10-3-11-21-37)38-22-12-4-13-23-38/h1-33H. The van der Waals surface area contributed by atoms with Crippen LogP contribution in [0.1, 0.15) is 22.3 Å². The highest BCUT2D eigenvalue weighted by atomic mass is 15.1. The van der Waals surface area contributed by atoms with E-state index in [0.717, 1.165) is 17.1 Å². The van der Waals surface area contributed by atoms with Crippen LogP contribution in [-0.2, 0) is 5.41 Å². The first kappa shape index (κ1) is 27.2. The van der Waals surface area contributed by atoms with E-state index in [1.165, 1.54) is 33.4 Å². The van der Waals surface area contributed by atoms with Crippen molar-refractivity contribution in [2.45, 2.75) is 5.41 Å². The Balaban J connectivity index is 1.37. The minimum Gasteiger partial charge on any atom is -0.311 e. The van der Waals surface area contributed by atoms with E-state index in [1.54, 1.807) is 0 Å². The molecule has 44 heavy (non-hydrogen) atoms. The van der Waals surface area contributed by atoms with Crippen LogP contribution in [0.3, 0.4) is 0 Å². The quantitative estimate of drug-likeness (QED) is 0.166. The minimum absolute atomic E-state index is 0.475. The number of rotatable bonds is 8. The molecule has 210 valence electrons. The molecular formula is C43H33N. The van der Waals surface area contributed by atoms with Crippen molar-refractivity contribution in [3.63, 3.8) is 0 Å². The predicted molar refractivity (Wildman–Crippen MR) is 185 cm³/mol.